The van der Waals surface area contributed by atoms with Crippen LogP contribution in [0.1, 0.15) is 30.5 Å². The number of oxime groups is 2. The molecule has 0 heterocycles. The van der Waals surface area contributed by atoms with E-state index in [4.69, 9.17) is 14.4 Å². The number of esters is 1. The van der Waals surface area contributed by atoms with E-state index in [-0.39, 0.29) is 12.3 Å². The zero-order chi connectivity index (χ0) is 17.4. The molecule has 0 N–H and O–H groups in total. The number of ether oxygens (including phenoxy) is 1. The largest absolute Gasteiger partial charge is 0.464 e. The van der Waals surface area contributed by atoms with Crippen molar-refractivity contribution in [2.75, 3.05) is 14.2 Å². The molecular formula is C17H22N2O4. The minimum atomic E-state index is -0.583. The first-order valence-electron chi connectivity index (χ1n) is 7.03. The topological polar surface area (TPSA) is 69.5 Å². The Morgan fingerprint density at radius 2 is 1.91 bits per heavy atom. The predicted octanol–water partition coefficient (Wildman–Crippen LogP) is 2.99. The van der Waals surface area contributed by atoms with E-state index in [1.54, 1.807) is 6.07 Å². The number of carbonyl (C=O) groups is 1. The van der Waals surface area contributed by atoms with Crippen molar-refractivity contribution in [3.8, 4) is 0 Å². The second kappa shape index (κ2) is 8.73. The van der Waals surface area contributed by atoms with E-state index in [0.29, 0.717) is 11.3 Å². The summed E-state index contributed by atoms with van der Waals surface area (Å²) in [4.78, 5) is 22.1. The van der Waals surface area contributed by atoms with Gasteiger partial charge >= 0.3 is 5.97 Å². The van der Waals surface area contributed by atoms with Crippen molar-refractivity contribution in [1.29, 1.82) is 0 Å². The van der Waals surface area contributed by atoms with Crippen molar-refractivity contribution < 1.29 is 19.2 Å². The maximum atomic E-state index is 11.9. The molecule has 124 valence electrons. The lowest BCUT2D eigenvalue weighted by Gasteiger charge is -2.12. The molecule has 0 atom stereocenters. The second-order valence-corrected chi connectivity index (χ2v) is 4.95. The third-order valence-corrected chi connectivity index (χ3v) is 3.25. The lowest BCUT2D eigenvalue weighted by atomic mass is 9.99. The summed E-state index contributed by atoms with van der Waals surface area (Å²) in [5.74, 6) is -0.583. The number of carbonyl (C=O) groups excluding carboxylic acids is 1. The van der Waals surface area contributed by atoms with Gasteiger partial charge in [0.2, 0.25) is 0 Å². The van der Waals surface area contributed by atoms with Crippen molar-refractivity contribution in [1.82, 2.24) is 0 Å². The predicted molar refractivity (Wildman–Crippen MR) is 89.5 cm³/mol. The fourth-order valence-electron chi connectivity index (χ4n) is 1.77. The van der Waals surface area contributed by atoms with Crippen LogP contribution in [0.3, 0.4) is 0 Å². The average molecular weight is 318 g/mol. The summed E-state index contributed by atoms with van der Waals surface area (Å²) in [5, 5.41) is 7.78. The summed E-state index contributed by atoms with van der Waals surface area (Å²) in [6, 6.07) is 5.50. The number of hydrogen-bond donors (Lipinski definition) is 0. The first-order valence-corrected chi connectivity index (χ1v) is 7.03. The smallest absolute Gasteiger partial charge is 0.360 e. The highest BCUT2D eigenvalue weighted by atomic mass is 16.6. The van der Waals surface area contributed by atoms with E-state index >= 15 is 0 Å². The maximum Gasteiger partial charge on any atom is 0.360 e. The summed E-state index contributed by atoms with van der Waals surface area (Å²) in [6.45, 7) is 9.56. The summed E-state index contributed by atoms with van der Waals surface area (Å²) in [6.07, 6.45) is 0. The highest BCUT2D eigenvalue weighted by molar-refractivity contribution is 6.43. The van der Waals surface area contributed by atoms with Crippen LogP contribution in [0.4, 0.5) is 0 Å². The van der Waals surface area contributed by atoms with Gasteiger partial charge in [-0.3, -0.25) is 0 Å². The Bertz CT molecular complexity index is 648. The van der Waals surface area contributed by atoms with Crippen LogP contribution in [0.2, 0.25) is 0 Å². The Labute approximate surface area is 136 Å². The van der Waals surface area contributed by atoms with Crippen molar-refractivity contribution in [2.24, 2.45) is 10.3 Å². The fraction of sp³-hybridized carbons (Fsp3) is 0.353. The molecule has 6 heteroatoms. The molecular weight excluding hydrogens is 296 g/mol. The van der Waals surface area contributed by atoms with Crippen LogP contribution >= 0.6 is 0 Å². The van der Waals surface area contributed by atoms with Gasteiger partial charge in [-0.2, -0.15) is 0 Å². The SMILES string of the molecule is C=C(C)/C(C)=N\OCc1c(C)cccc1/C(=N/OC)C(=O)OC. The molecule has 0 amide bonds. The molecule has 0 radical (unpaired) electrons. The summed E-state index contributed by atoms with van der Waals surface area (Å²) >= 11 is 0. The zero-order valence-corrected chi connectivity index (χ0v) is 14.2. The van der Waals surface area contributed by atoms with E-state index < -0.39 is 5.97 Å². The van der Waals surface area contributed by atoms with E-state index in [1.807, 2.05) is 32.9 Å². The van der Waals surface area contributed by atoms with Crippen LogP contribution in [-0.2, 0) is 25.8 Å². The maximum absolute atomic E-state index is 11.9. The lowest BCUT2D eigenvalue weighted by Crippen LogP contribution is -2.20. The van der Waals surface area contributed by atoms with E-state index in [1.165, 1.54) is 14.2 Å². The molecule has 6 nitrogen and oxygen atoms in total. The molecule has 0 bridgehead atoms. The molecule has 0 unspecified atom stereocenters. The summed E-state index contributed by atoms with van der Waals surface area (Å²) < 4.78 is 4.76. The van der Waals surface area contributed by atoms with Gasteiger partial charge in [0.05, 0.1) is 12.8 Å². The van der Waals surface area contributed by atoms with Gasteiger partial charge in [0, 0.05) is 11.1 Å². The molecule has 1 aromatic rings. The van der Waals surface area contributed by atoms with Gasteiger partial charge in [0.15, 0.2) is 5.71 Å². The number of aryl methyl sites for hydroxylation is 1. The molecule has 0 saturated carbocycles. The van der Waals surface area contributed by atoms with E-state index in [0.717, 1.165) is 16.7 Å². The van der Waals surface area contributed by atoms with Crippen LogP contribution in [0.15, 0.2) is 40.7 Å². The van der Waals surface area contributed by atoms with Crippen molar-refractivity contribution in [3.05, 3.63) is 47.0 Å². The van der Waals surface area contributed by atoms with Gasteiger partial charge in [-0.15, -0.1) is 0 Å². The van der Waals surface area contributed by atoms with Crippen LogP contribution in [0.25, 0.3) is 0 Å². The Hall–Kier alpha value is -2.63. The first-order chi connectivity index (χ1) is 10.9. The molecule has 23 heavy (non-hydrogen) atoms. The normalized spacial score (nSPS) is 11.9. The van der Waals surface area contributed by atoms with Gasteiger partial charge in [0.1, 0.15) is 13.7 Å². The molecule has 1 rings (SSSR count). The number of nitrogens with zero attached hydrogens (tertiary/aromatic N) is 2. The molecule has 0 aliphatic carbocycles. The monoisotopic (exact) mass is 318 g/mol. The zero-order valence-electron chi connectivity index (χ0n) is 14.2. The highest BCUT2D eigenvalue weighted by Gasteiger charge is 2.20. The van der Waals surface area contributed by atoms with Gasteiger partial charge in [0.25, 0.3) is 0 Å². The first kappa shape index (κ1) is 18.4. The lowest BCUT2D eigenvalue weighted by molar-refractivity contribution is -0.132. The van der Waals surface area contributed by atoms with Gasteiger partial charge in [-0.25, -0.2) is 4.79 Å². The Morgan fingerprint density at radius 1 is 1.22 bits per heavy atom. The summed E-state index contributed by atoms with van der Waals surface area (Å²) in [5.41, 5.74) is 3.93. The molecule has 0 fully saturated rings. The minimum absolute atomic E-state index is 0.0814. The number of benzene rings is 1. The molecule has 0 aliphatic heterocycles. The van der Waals surface area contributed by atoms with Crippen LogP contribution in [-0.4, -0.2) is 31.6 Å². The quantitative estimate of drug-likeness (QED) is 0.440. The number of hydrogen-bond acceptors (Lipinski definition) is 6. The number of methoxy groups -OCH3 is 1. The second-order valence-electron chi connectivity index (χ2n) is 4.95. The van der Waals surface area contributed by atoms with Crippen molar-refractivity contribution >= 4 is 17.4 Å². The third-order valence-electron chi connectivity index (χ3n) is 3.25. The van der Waals surface area contributed by atoms with Crippen molar-refractivity contribution in [2.45, 2.75) is 27.4 Å². The number of allylic oxidation sites excluding steroid dienone is 1. The standard InChI is InChI=1S/C17H22N2O4/c1-11(2)13(4)18-23-10-15-12(3)8-7-9-14(15)16(19-22-6)17(20)21-5/h7-9H,1,10H2,2-6H3/b18-13-,19-16-. The fourth-order valence-corrected chi connectivity index (χ4v) is 1.77. The highest BCUT2D eigenvalue weighted by Crippen LogP contribution is 2.18. The third kappa shape index (κ3) is 4.95. The van der Waals surface area contributed by atoms with Gasteiger partial charge in [-0.1, -0.05) is 35.1 Å². The molecule has 0 spiro atoms. The van der Waals surface area contributed by atoms with Crippen LogP contribution in [0, 0.1) is 6.92 Å². The van der Waals surface area contributed by atoms with Crippen LogP contribution < -0.4 is 0 Å². The van der Waals surface area contributed by atoms with Gasteiger partial charge < -0.3 is 14.4 Å². The molecule has 0 aliphatic rings. The van der Waals surface area contributed by atoms with Gasteiger partial charge in [-0.05, 0) is 31.9 Å². The van der Waals surface area contributed by atoms with E-state index in [2.05, 4.69) is 16.9 Å². The Morgan fingerprint density at radius 3 is 2.48 bits per heavy atom. The van der Waals surface area contributed by atoms with E-state index in [9.17, 15) is 4.79 Å². The molecule has 0 saturated heterocycles. The number of rotatable bonds is 7. The van der Waals surface area contributed by atoms with Crippen molar-refractivity contribution in [3.63, 3.8) is 0 Å². The van der Waals surface area contributed by atoms with Crippen LogP contribution in [0.5, 0.6) is 0 Å². The Balaban J connectivity index is 3.18. The molecule has 0 aromatic heterocycles. The Kier molecular flexibility index (Phi) is 6.99. The molecule has 1 aromatic carbocycles. The minimum Gasteiger partial charge on any atom is -0.464 e. The summed E-state index contributed by atoms with van der Waals surface area (Å²) in [7, 11) is 2.66. The average Bonchev–Trinajstić information content (AvgIpc) is 2.53.